The Kier molecular flexibility index (Phi) is 3.18. The van der Waals surface area contributed by atoms with Crippen molar-refractivity contribution in [3.05, 3.63) is 56.1 Å². The molecule has 0 aliphatic carbocycles. The predicted molar refractivity (Wildman–Crippen MR) is 85.9 cm³/mol. The molecule has 0 aliphatic rings. The van der Waals surface area contributed by atoms with Gasteiger partial charge in [0.25, 0.3) is 0 Å². The smallest absolute Gasteiger partial charge is 0.182 e. The molecule has 0 saturated heterocycles. The number of aromatic amines is 1. The van der Waals surface area contributed by atoms with Gasteiger partial charge in [0, 0.05) is 9.26 Å². The lowest BCUT2D eigenvalue weighted by molar-refractivity contribution is 0.620. The average Bonchev–Trinajstić information content (AvgIpc) is 2.67. The Labute approximate surface area is 128 Å². The van der Waals surface area contributed by atoms with Gasteiger partial charge in [0.2, 0.25) is 0 Å². The van der Waals surface area contributed by atoms with E-state index in [0.717, 1.165) is 14.8 Å². The zero-order valence-electron chi connectivity index (χ0n) is 10.1. The van der Waals surface area contributed by atoms with Gasteiger partial charge in [-0.15, -0.1) is 0 Å². The number of aromatic nitrogens is 2. The van der Waals surface area contributed by atoms with Crippen molar-refractivity contribution < 1.29 is 4.39 Å². The Morgan fingerprint density at radius 3 is 2.58 bits per heavy atom. The third-order valence-electron chi connectivity index (χ3n) is 3.05. The minimum absolute atomic E-state index is 0.224. The molecule has 0 saturated carbocycles. The van der Waals surface area contributed by atoms with E-state index in [1.54, 1.807) is 6.92 Å². The molecular weight excluding hydrogens is 374 g/mol. The topological polar surface area (TPSA) is 20.7 Å². The predicted octanol–water partition coefficient (Wildman–Crippen LogP) is 4.74. The second-order valence-corrected chi connectivity index (χ2v) is 5.99. The van der Waals surface area contributed by atoms with Gasteiger partial charge in [-0.1, -0.05) is 0 Å². The fourth-order valence-corrected chi connectivity index (χ4v) is 2.75. The summed E-state index contributed by atoms with van der Waals surface area (Å²) in [5.41, 5.74) is 3.19. The highest BCUT2D eigenvalue weighted by Crippen LogP contribution is 2.23. The van der Waals surface area contributed by atoms with E-state index in [2.05, 4.69) is 27.6 Å². The van der Waals surface area contributed by atoms with Gasteiger partial charge in [-0.05, 0) is 83.7 Å². The van der Waals surface area contributed by atoms with Gasteiger partial charge in [-0.2, -0.15) is 0 Å². The average molecular weight is 384 g/mol. The van der Waals surface area contributed by atoms with Crippen LogP contribution in [0.5, 0.6) is 0 Å². The number of halogens is 2. The van der Waals surface area contributed by atoms with Crippen molar-refractivity contribution in [1.82, 2.24) is 9.55 Å². The van der Waals surface area contributed by atoms with Crippen LogP contribution in [-0.4, -0.2) is 9.55 Å². The number of rotatable bonds is 1. The fraction of sp³-hybridized carbons (Fsp3) is 0.0714. The lowest BCUT2D eigenvalue weighted by atomic mass is 10.2. The molecule has 2 aromatic carbocycles. The molecule has 2 nitrogen and oxygen atoms in total. The second-order valence-electron chi connectivity index (χ2n) is 4.36. The van der Waals surface area contributed by atoms with Crippen LogP contribution < -0.4 is 0 Å². The van der Waals surface area contributed by atoms with E-state index < -0.39 is 0 Å². The number of imidazole rings is 1. The van der Waals surface area contributed by atoms with Crippen LogP contribution in [0.4, 0.5) is 4.39 Å². The Morgan fingerprint density at radius 2 is 1.89 bits per heavy atom. The van der Waals surface area contributed by atoms with Crippen LogP contribution in [0.3, 0.4) is 0 Å². The van der Waals surface area contributed by atoms with Gasteiger partial charge in [0.15, 0.2) is 4.77 Å². The molecule has 0 bridgehead atoms. The van der Waals surface area contributed by atoms with Crippen LogP contribution >= 0.6 is 34.8 Å². The highest BCUT2D eigenvalue weighted by atomic mass is 127. The van der Waals surface area contributed by atoms with E-state index in [1.165, 1.54) is 6.07 Å². The molecule has 1 heterocycles. The zero-order valence-corrected chi connectivity index (χ0v) is 13.0. The first-order chi connectivity index (χ1) is 9.06. The summed E-state index contributed by atoms with van der Waals surface area (Å²) in [5, 5.41) is 0. The molecule has 1 aromatic heterocycles. The molecule has 3 rings (SSSR count). The maximum atomic E-state index is 13.6. The van der Waals surface area contributed by atoms with Crippen LogP contribution in [0.1, 0.15) is 5.56 Å². The molecule has 5 heteroatoms. The Hall–Kier alpha value is -1.21. The van der Waals surface area contributed by atoms with Crippen molar-refractivity contribution in [2.75, 3.05) is 0 Å². The van der Waals surface area contributed by atoms with Gasteiger partial charge in [-0.25, -0.2) is 4.39 Å². The normalized spacial score (nSPS) is 11.1. The van der Waals surface area contributed by atoms with Crippen LogP contribution in [0.2, 0.25) is 0 Å². The van der Waals surface area contributed by atoms with Gasteiger partial charge >= 0.3 is 0 Å². The van der Waals surface area contributed by atoms with E-state index in [-0.39, 0.29) is 5.82 Å². The van der Waals surface area contributed by atoms with Crippen molar-refractivity contribution in [3.8, 4) is 5.69 Å². The molecule has 19 heavy (non-hydrogen) atoms. The number of hydrogen-bond acceptors (Lipinski definition) is 1. The second kappa shape index (κ2) is 4.72. The van der Waals surface area contributed by atoms with Crippen LogP contribution in [-0.2, 0) is 0 Å². The third-order valence-corrected chi connectivity index (χ3v) is 4.05. The van der Waals surface area contributed by atoms with Crippen LogP contribution in [0.25, 0.3) is 16.7 Å². The van der Waals surface area contributed by atoms with Gasteiger partial charge in [-0.3, -0.25) is 4.57 Å². The summed E-state index contributed by atoms with van der Waals surface area (Å²) in [4.78, 5) is 3.04. The number of aryl methyl sites for hydroxylation is 1. The standard InChI is InChI=1S/C14H10FIN2S/c1-8-6-13-12(7-11(8)15)17-14(19)18(13)10-4-2-9(16)3-5-10/h2-7H,1H3,(H,17,19). The van der Waals surface area contributed by atoms with E-state index >= 15 is 0 Å². The lowest BCUT2D eigenvalue weighted by Crippen LogP contribution is -1.94. The maximum Gasteiger partial charge on any atom is 0.182 e. The van der Waals surface area contributed by atoms with Crippen LogP contribution in [0.15, 0.2) is 36.4 Å². The summed E-state index contributed by atoms with van der Waals surface area (Å²) in [6.45, 7) is 1.75. The molecule has 0 atom stereocenters. The molecule has 0 fully saturated rings. The first-order valence-corrected chi connectivity index (χ1v) is 7.22. The summed E-state index contributed by atoms with van der Waals surface area (Å²) < 4.78 is 17.2. The first-order valence-electron chi connectivity index (χ1n) is 5.73. The number of nitrogens with one attached hydrogen (secondary N) is 1. The fourth-order valence-electron chi connectivity index (χ4n) is 2.08. The summed E-state index contributed by atoms with van der Waals surface area (Å²) in [6, 6.07) is 11.4. The highest BCUT2D eigenvalue weighted by molar-refractivity contribution is 14.1. The van der Waals surface area contributed by atoms with Crippen molar-refractivity contribution >= 4 is 45.8 Å². The molecule has 3 aromatic rings. The van der Waals surface area contributed by atoms with E-state index in [0.29, 0.717) is 15.9 Å². The summed E-state index contributed by atoms with van der Waals surface area (Å²) in [6.07, 6.45) is 0. The molecule has 1 N–H and O–H groups in total. The van der Waals surface area contributed by atoms with Crippen LogP contribution in [0, 0.1) is 21.1 Å². The lowest BCUT2D eigenvalue weighted by Gasteiger charge is -2.05. The number of fused-ring (bicyclic) bond motifs is 1. The number of H-pyrrole nitrogens is 1. The number of nitrogens with zero attached hydrogens (tertiary/aromatic N) is 1. The molecule has 0 spiro atoms. The van der Waals surface area contributed by atoms with E-state index in [9.17, 15) is 4.39 Å². The SMILES string of the molecule is Cc1cc2c(cc1F)[nH]c(=S)n2-c1ccc(I)cc1. The highest BCUT2D eigenvalue weighted by Gasteiger charge is 2.09. The molecule has 0 aliphatic heterocycles. The molecule has 0 radical (unpaired) electrons. The molecular formula is C14H10FIN2S. The van der Waals surface area contributed by atoms with Gasteiger partial charge < -0.3 is 4.98 Å². The molecule has 0 amide bonds. The monoisotopic (exact) mass is 384 g/mol. The van der Waals surface area contributed by atoms with E-state index in [4.69, 9.17) is 12.2 Å². The first kappa shape index (κ1) is 12.8. The Bertz CT molecular complexity index is 818. The molecule has 0 unspecified atom stereocenters. The minimum Gasteiger partial charge on any atom is -0.330 e. The van der Waals surface area contributed by atoms with Crippen molar-refractivity contribution in [2.24, 2.45) is 0 Å². The summed E-state index contributed by atoms with van der Waals surface area (Å²) in [5.74, 6) is -0.224. The largest absolute Gasteiger partial charge is 0.330 e. The van der Waals surface area contributed by atoms with Gasteiger partial charge in [0.1, 0.15) is 5.82 Å². The van der Waals surface area contributed by atoms with Crippen molar-refractivity contribution in [2.45, 2.75) is 6.92 Å². The van der Waals surface area contributed by atoms with Crippen molar-refractivity contribution in [1.29, 1.82) is 0 Å². The quantitative estimate of drug-likeness (QED) is 0.475. The Balaban J connectivity index is 2.34. The third kappa shape index (κ3) is 2.21. The Morgan fingerprint density at radius 1 is 1.21 bits per heavy atom. The van der Waals surface area contributed by atoms with Crippen molar-refractivity contribution in [3.63, 3.8) is 0 Å². The molecule has 96 valence electrons. The summed E-state index contributed by atoms with van der Waals surface area (Å²) >= 11 is 7.60. The minimum atomic E-state index is -0.224. The number of benzene rings is 2. The maximum absolute atomic E-state index is 13.6. The summed E-state index contributed by atoms with van der Waals surface area (Å²) in [7, 11) is 0. The number of hydrogen-bond donors (Lipinski definition) is 1. The zero-order chi connectivity index (χ0) is 13.6. The van der Waals surface area contributed by atoms with Gasteiger partial charge in [0.05, 0.1) is 11.0 Å². The van der Waals surface area contributed by atoms with E-state index in [1.807, 2.05) is 34.9 Å².